The van der Waals surface area contributed by atoms with Crippen molar-refractivity contribution < 1.29 is 17.8 Å². The van der Waals surface area contributed by atoms with Gasteiger partial charge in [0.1, 0.15) is 0 Å². The van der Waals surface area contributed by atoms with Crippen LogP contribution < -0.4 is 0 Å². The molecule has 2 aromatic rings. The minimum Gasteiger partial charge on any atom is -0.295 e. The van der Waals surface area contributed by atoms with E-state index in [4.69, 9.17) is 23.2 Å². The average molecular weight is 512 g/mol. The average Bonchev–Trinajstić information content (AvgIpc) is 3.13. The van der Waals surface area contributed by atoms with Gasteiger partial charge in [0.25, 0.3) is 10.1 Å². The number of rotatable bonds is 7. The molecular weight excluding hydrogens is 481 g/mol. The second kappa shape index (κ2) is 9.67. The van der Waals surface area contributed by atoms with Crippen molar-refractivity contribution in [2.45, 2.75) is 56.6 Å². The second-order valence-electron chi connectivity index (χ2n) is 9.91. The van der Waals surface area contributed by atoms with Crippen LogP contribution in [0.2, 0.25) is 10.0 Å². The molecule has 5 nitrogen and oxygen atoms in total. The van der Waals surface area contributed by atoms with Crippen LogP contribution in [0.15, 0.2) is 42.5 Å². The Labute approximate surface area is 206 Å². The molecule has 180 valence electrons. The fraction of sp³-hybridized carbons (Fsp3) is 0.480. The van der Waals surface area contributed by atoms with E-state index in [-0.39, 0.29) is 24.2 Å². The van der Waals surface area contributed by atoms with Gasteiger partial charge in [-0.15, -0.1) is 0 Å². The quantitative estimate of drug-likeness (QED) is 0.376. The van der Waals surface area contributed by atoms with Crippen molar-refractivity contribution in [3.8, 4) is 0 Å². The van der Waals surface area contributed by atoms with E-state index in [1.54, 1.807) is 25.1 Å². The summed E-state index contributed by atoms with van der Waals surface area (Å²) in [6.45, 7) is 9.11. The summed E-state index contributed by atoms with van der Waals surface area (Å²) in [5.74, 6) is -0.0275. The fourth-order valence-electron chi connectivity index (χ4n) is 4.88. The molecule has 3 rings (SSSR count). The molecule has 1 heterocycles. The van der Waals surface area contributed by atoms with Crippen LogP contribution in [0, 0.1) is 0 Å². The molecule has 1 N–H and O–H groups in total. The van der Waals surface area contributed by atoms with Gasteiger partial charge >= 0.3 is 0 Å². The van der Waals surface area contributed by atoms with Gasteiger partial charge < -0.3 is 0 Å². The highest BCUT2D eigenvalue weighted by Crippen LogP contribution is 2.43. The van der Waals surface area contributed by atoms with Crippen LogP contribution in [0.4, 0.5) is 0 Å². The van der Waals surface area contributed by atoms with Gasteiger partial charge in [-0.1, -0.05) is 81.2 Å². The molecule has 2 aromatic carbocycles. The zero-order chi connectivity index (χ0) is 24.6. The van der Waals surface area contributed by atoms with E-state index >= 15 is 0 Å². The molecule has 8 heteroatoms. The zero-order valence-electron chi connectivity index (χ0n) is 19.4. The number of nitrogens with zero attached hydrogens (tertiary/aromatic N) is 1. The number of hydrogen-bond acceptors (Lipinski definition) is 4. The Morgan fingerprint density at radius 2 is 1.76 bits per heavy atom. The van der Waals surface area contributed by atoms with Crippen LogP contribution in [0.25, 0.3) is 0 Å². The maximum atomic E-state index is 13.0. The molecule has 2 atom stereocenters. The Hall–Kier alpha value is -1.44. The Bertz CT molecular complexity index is 1130. The van der Waals surface area contributed by atoms with Crippen LogP contribution in [0.3, 0.4) is 0 Å². The summed E-state index contributed by atoms with van der Waals surface area (Å²) in [6, 6.07) is 12.7. The van der Waals surface area contributed by atoms with Crippen LogP contribution in [-0.2, 0) is 20.9 Å². The third-order valence-corrected chi connectivity index (χ3v) is 8.90. The van der Waals surface area contributed by atoms with Gasteiger partial charge in [0, 0.05) is 17.5 Å². The summed E-state index contributed by atoms with van der Waals surface area (Å²) < 4.78 is 34.8. The smallest absolute Gasteiger partial charge is 0.268 e. The summed E-state index contributed by atoms with van der Waals surface area (Å²) in [6.07, 6.45) is 0.703. The first-order chi connectivity index (χ1) is 15.3. The van der Waals surface area contributed by atoms with E-state index in [0.717, 1.165) is 5.56 Å². The number of carbonyl (C=O) groups excluding carboxylic acids is 1. The first-order valence-corrected chi connectivity index (χ1v) is 13.3. The number of ketones is 1. The Morgan fingerprint density at radius 1 is 1.12 bits per heavy atom. The van der Waals surface area contributed by atoms with Crippen LogP contribution in [0.5, 0.6) is 0 Å². The number of likely N-dealkylation sites (tertiary alicyclic amines) is 1. The lowest BCUT2D eigenvalue weighted by Gasteiger charge is -2.36. The van der Waals surface area contributed by atoms with Crippen molar-refractivity contribution in [3.05, 3.63) is 69.2 Å². The third-order valence-electron chi connectivity index (χ3n) is 6.66. The van der Waals surface area contributed by atoms with Crippen LogP contribution in [-0.4, -0.2) is 48.5 Å². The van der Waals surface area contributed by atoms with E-state index < -0.39 is 20.8 Å². The lowest BCUT2D eigenvalue weighted by Crippen LogP contribution is -2.46. The van der Waals surface area contributed by atoms with Crippen molar-refractivity contribution >= 4 is 39.1 Å². The first kappa shape index (κ1) is 26.2. The van der Waals surface area contributed by atoms with Crippen molar-refractivity contribution in [3.63, 3.8) is 0 Å². The van der Waals surface area contributed by atoms with Crippen LogP contribution in [0.1, 0.15) is 62.0 Å². The van der Waals surface area contributed by atoms with Gasteiger partial charge in [-0.3, -0.25) is 14.2 Å². The molecule has 0 radical (unpaired) electrons. The first-order valence-electron chi connectivity index (χ1n) is 11.1. The van der Waals surface area contributed by atoms with Gasteiger partial charge in [-0.2, -0.15) is 8.42 Å². The number of benzene rings is 2. The standard InChI is InChI=1S/C25H31Cl2NO4S/c1-5-23(33(30,31)32)25(19-10-11-20(26)21(27)14-19)12-13-28(16-25)15-22(29)17-6-8-18(9-7-17)24(2,3)4/h6-11,14,23H,5,12-13,15-16H2,1-4H3,(H,30,31,32). The van der Waals surface area contributed by atoms with E-state index in [2.05, 4.69) is 20.8 Å². The normalized spacial score (nSPS) is 20.7. The van der Waals surface area contributed by atoms with Gasteiger partial charge in [-0.25, -0.2) is 0 Å². The molecule has 0 amide bonds. The Balaban J connectivity index is 1.88. The van der Waals surface area contributed by atoms with Crippen molar-refractivity contribution in [1.29, 1.82) is 0 Å². The number of halogens is 2. The SMILES string of the molecule is CCC(C1(c2ccc(Cl)c(Cl)c2)CCN(CC(=O)c2ccc(C(C)(C)C)cc2)C1)S(=O)(=O)O. The molecule has 33 heavy (non-hydrogen) atoms. The summed E-state index contributed by atoms with van der Waals surface area (Å²) in [4.78, 5) is 15.0. The Kier molecular flexibility index (Phi) is 7.67. The second-order valence-corrected chi connectivity index (χ2v) is 12.3. The number of carbonyl (C=O) groups is 1. The maximum absolute atomic E-state index is 13.0. The maximum Gasteiger partial charge on any atom is 0.268 e. The lowest BCUT2D eigenvalue weighted by molar-refractivity contribution is 0.0941. The predicted molar refractivity (Wildman–Crippen MR) is 134 cm³/mol. The topological polar surface area (TPSA) is 74.7 Å². The third kappa shape index (κ3) is 5.63. The molecule has 0 bridgehead atoms. The summed E-state index contributed by atoms with van der Waals surface area (Å²) in [5, 5.41) is -0.320. The van der Waals surface area contributed by atoms with Gasteiger partial charge in [-0.05, 0) is 48.1 Å². The molecule has 1 fully saturated rings. The van der Waals surface area contributed by atoms with Crippen molar-refractivity contribution in [2.75, 3.05) is 19.6 Å². The molecule has 2 unspecified atom stereocenters. The lowest BCUT2D eigenvalue weighted by atomic mass is 9.75. The molecule has 0 aliphatic carbocycles. The van der Waals surface area contributed by atoms with Crippen LogP contribution >= 0.6 is 23.2 Å². The minimum absolute atomic E-state index is 0.000931. The van der Waals surface area contributed by atoms with E-state index in [0.29, 0.717) is 40.7 Å². The van der Waals surface area contributed by atoms with E-state index in [1.165, 1.54) is 0 Å². The highest BCUT2D eigenvalue weighted by molar-refractivity contribution is 7.86. The van der Waals surface area contributed by atoms with Gasteiger partial charge in [0.05, 0.1) is 21.8 Å². The van der Waals surface area contributed by atoms with Gasteiger partial charge in [0.2, 0.25) is 0 Å². The monoisotopic (exact) mass is 511 g/mol. The van der Waals surface area contributed by atoms with Gasteiger partial charge in [0.15, 0.2) is 5.78 Å². The van der Waals surface area contributed by atoms with Crippen molar-refractivity contribution in [1.82, 2.24) is 4.90 Å². The van der Waals surface area contributed by atoms with E-state index in [9.17, 15) is 17.8 Å². The largest absolute Gasteiger partial charge is 0.295 e. The fourth-order valence-corrected chi connectivity index (χ4v) is 6.49. The zero-order valence-corrected chi connectivity index (χ0v) is 21.8. The molecule has 0 saturated carbocycles. The highest BCUT2D eigenvalue weighted by Gasteiger charge is 2.50. The Morgan fingerprint density at radius 3 is 2.27 bits per heavy atom. The molecule has 1 aliphatic rings. The van der Waals surface area contributed by atoms with E-state index in [1.807, 2.05) is 29.2 Å². The molecule has 1 aliphatic heterocycles. The summed E-state index contributed by atoms with van der Waals surface area (Å²) in [5.41, 5.74) is 1.58. The number of hydrogen-bond donors (Lipinski definition) is 1. The summed E-state index contributed by atoms with van der Waals surface area (Å²) in [7, 11) is -4.34. The number of Topliss-reactive ketones (excluding diaryl/α,β-unsaturated/α-hetero) is 1. The molecule has 1 saturated heterocycles. The summed E-state index contributed by atoms with van der Waals surface area (Å²) >= 11 is 12.3. The molecule has 0 aromatic heterocycles. The minimum atomic E-state index is -4.34. The van der Waals surface area contributed by atoms with Crippen molar-refractivity contribution in [2.24, 2.45) is 0 Å². The predicted octanol–water partition coefficient (Wildman–Crippen LogP) is 5.78. The molecular formula is C25H31Cl2NO4S. The highest BCUT2D eigenvalue weighted by atomic mass is 35.5. The molecule has 0 spiro atoms.